The fourth-order valence-corrected chi connectivity index (χ4v) is 3.45. The summed E-state index contributed by atoms with van der Waals surface area (Å²) in [5.41, 5.74) is 7.58. The van der Waals surface area contributed by atoms with Crippen LogP contribution in [0.1, 0.15) is 82.3 Å². The van der Waals surface area contributed by atoms with Gasteiger partial charge in [0.25, 0.3) is 0 Å². The van der Waals surface area contributed by atoms with Crippen molar-refractivity contribution < 1.29 is 0 Å². The van der Waals surface area contributed by atoms with Crippen molar-refractivity contribution in [1.82, 2.24) is 9.55 Å². The van der Waals surface area contributed by atoms with Crippen molar-refractivity contribution in [3.63, 3.8) is 0 Å². The maximum Gasteiger partial charge on any atom is 0.127 e. The second kappa shape index (κ2) is 5.18. The average molecular weight is 261 g/mol. The summed E-state index contributed by atoms with van der Waals surface area (Å²) < 4.78 is 2.34. The smallest absolute Gasteiger partial charge is 0.127 e. The summed E-state index contributed by atoms with van der Waals surface area (Å²) in [5, 5.41) is 0. The second-order valence-corrected chi connectivity index (χ2v) is 6.77. The highest BCUT2D eigenvalue weighted by molar-refractivity contribution is 5.40. The predicted octanol–water partition coefficient (Wildman–Crippen LogP) is 4.05. The van der Waals surface area contributed by atoms with Crippen LogP contribution in [0.4, 0.5) is 5.82 Å². The molecule has 3 rings (SSSR count). The Balaban J connectivity index is 1.82. The van der Waals surface area contributed by atoms with E-state index in [1.165, 1.54) is 56.5 Å². The van der Waals surface area contributed by atoms with Gasteiger partial charge in [-0.3, -0.25) is 0 Å². The molecule has 0 unspecified atom stereocenters. The second-order valence-electron chi connectivity index (χ2n) is 6.77. The van der Waals surface area contributed by atoms with Crippen LogP contribution in [-0.2, 0) is 6.42 Å². The molecule has 0 amide bonds. The monoisotopic (exact) mass is 261 g/mol. The Kier molecular flexibility index (Phi) is 3.55. The Bertz CT molecular complexity index is 437. The first kappa shape index (κ1) is 13.0. The molecule has 2 aliphatic rings. The van der Waals surface area contributed by atoms with E-state index in [0.717, 1.165) is 18.2 Å². The molecule has 0 saturated heterocycles. The molecule has 0 bridgehead atoms. The van der Waals surface area contributed by atoms with Gasteiger partial charge >= 0.3 is 0 Å². The molecule has 106 valence electrons. The molecule has 1 aromatic rings. The van der Waals surface area contributed by atoms with E-state index in [4.69, 9.17) is 10.7 Å². The van der Waals surface area contributed by atoms with E-state index in [1.807, 2.05) is 0 Å². The highest BCUT2D eigenvalue weighted by Crippen LogP contribution is 2.41. The zero-order chi connectivity index (χ0) is 13.4. The van der Waals surface area contributed by atoms with Crippen LogP contribution < -0.4 is 5.73 Å². The number of nitrogen functional groups attached to an aromatic ring is 1. The number of nitrogens with two attached hydrogens (primary N) is 1. The third-order valence-electron chi connectivity index (χ3n) is 4.69. The summed E-state index contributed by atoms with van der Waals surface area (Å²) in [6.07, 6.45) is 10.6. The summed E-state index contributed by atoms with van der Waals surface area (Å²) in [5.74, 6) is 3.48. The fraction of sp³-hybridized carbons (Fsp3) is 0.812. The van der Waals surface area contributed by atoms with Gasteiger partial charge in [0.15, 0.2) is 0 Å². The molecule has 0 aromatic carbocycles. The van der Waals surface area contributed by atoms with Gasteiger partial charge in [-0.1, -0.05) is 46.0 Å². The Morgan fingerprint density at radius 1 is 1.16 bits per heavy atom. The van der Waals surface area contributed by atoms with Crippen LogP contribution in [-0.4, -0.2) is 9.55 Å². The number of hydrogen-bond acceptors (Lipinski definition) is 2. The lowest BCUT2D eigenvalue weighted by Crippen LogP contribution is -2.11. The van der Waals surface area contributed by atoms with Gasteiger partial charge in [0, 0.05) is 12.0 Å². The van der Waals surface area contributed by atoms with Gasteiger partial charge in [0.05, 0.1) is 5.69 Å². The Morgan fingerprint density at radius 2 is 1.84 bits per heavy atom. The molecule has 3 nitrogen and oxygen atoms in total. The van der Waals surface area contributed by atoms with E-state index in [0.29, 0.717) is 12.0 Å². The number of nitrogens with zero attached hydrogens (tertiary/aromatic N) is 2. The van der Waals surface area contributed by atoms with Crippen molar-refractivity contribution in [3.05, 3.63) is 11.5 Å². The molecule has 0 spiro atoms. The van der Waals surface area contributed by atoms with Crippen LogP contribution >= 0.6 is 0 Å². The zero-order valence-electron chi connectivity index (χ0n) is 12.4. The molecule has 1 heterocycles. The average Bonchev–Trinajstić information content (AvgIpc) is 3.17. The summed E-state index contributed by atoms with van der Waals surface area (Å²) in [4.78, 5) is 4.90. The molecule has 0 radical (unpaired) electrons. The Morgan fingerprint density at radius 3 is 2.42 bits per heavy atom. The number of rotatable bonds is 4. The van der Waals surface area contributed by atoms with Gasteiger partial charge in [0.1, 0.15) is 11.6 Å². The lowest BCUT2D eigenvalue weighted by molar-refractivity contribution is 0.355. The third kappa shape index (κ3) is 2.65. The van der Waals surface area contributed by atoms with E-state index in [9.17, 15) is 0 Å². The van der Waals surface area contributed by atoms with Gasteiger partial charge in [-0.05, 0) is 25.2 Å². The van der Waals surface area contributed by atoms with Gasteiger partial charge in [0.2, 0.25) is 0 Å². The first-order chi connectivity index (χ1) is 9.16. The highest BCUT2D eigenvalue weighted by Gasteiger charge is 2.31. The molecule has 0 aliphatic heterocycles. The minimum atomic E-state index is 0.475. The van der Waals surface area contributed by atoms with Gasteiger partial charge in [-0.2, -0.15) is 0 Å². The van der Waals surface area contributed by atoms with Crippen molar-refractivity contribution in [2.24, 2.45) is 5.92 Å². The SMILES string of the molecule is CC(C)c1nc(CC2CCCCC2)c(N)n1C1CC1. The van der Waals surface area contributed by atoms with E-state index in [2.05, 4.69) is 18.4 Å². The molecular weight excluding hydrogens is 234 g/mol. The standard InChI is InChI=1S/C16H27N3/c1-11(2)16-18-14(10-12-6-4-3-5-7-12)15(17)19(16)13-8-9-13/h11-13H,3-10,17H2,1-2H3. The van der Waals surface area contributed by atoms with E-state index >= 15 is 0 Å². The molecule has 3 heteroatoms. The number of imidazole rings is 1. The lowest BCUT2D eigenvalue weighted by atomic mass is 9.86. The molecule has 2 fully saturated rings. The molecule has 2 aliphatic carbocycles. The normalized spacial score (nSPS) is 21.2. The van der Waals surface area contributed by atoms with E-state index in [1.54, 1.807) is 0 Å². The quantitative estimate of drug-likeness (QED) is 0.888. The minimum absolute atomic E-state index is 0.475. The third-order valence-corrected chi connectivity index (χ3v) is 4.69. The van der Waals surface area contributed by atoms with Crippen LogP contribution in [0.25, 0.3) is 0 Å². The van der Waals surface area contributed by atoms with Crippen LogP contribution in [0.15, 0.2) is 0 Å². The first-order valence-corrected chi connectivity index (χ1v) is 8.03. The van der Waals surface area contributed by atoms with Crippen molar-refractivity contribution in [3.8, 4) is 0 Å². The van der Waals surface area contributed by atoms with Gasteiger partial charge < -0.3 is 10.3 Å². The lowest BCUT2D eigenvalue weighted by Gasteiger charge is -2.20. The van der Waals surface area contributed by atoms with Crippen LogP contribution in [0, 0.1) is 5.92 Å². The summed E-state index contributed by atoms with van der Waals surface area (Å²) in [6.45, 7) is 4.45. The largest absolute Gasteiger partial charge is 0.384 e. The minimum Gasteiger partial charge on any atom is -0.384 e. The predicted molar refractivity (Wildman–Crippen MR) is 79.3 cm³/mol. The van der Waals surface area contributed by atoms with E-state index < -0.39 is 0 Å². The summed E-state index contributed by atoms with van der Waals surface area (Å²) in [6, 6.07) is 0.644. The zero-order valence-corrected chi connectivity index (χ0v) is 12.4. The maximum absolute atomic E-state index is 6.40. The molecule has 0 atom stereocenters. The van der Waals surface area contributed by atoms with E-state index in [-0.39, 0.29) is 0 Å². The van der Waals surface area contributed by atoms with Crippen LogP contribution in [0.3, 0.4) is 0 Å². The summed E-state index contributed by atoms with van der Waals surface area (Å²) >= 11 is 0. The van der Waals surface area contributed by atoms with Gasteiger partial charge in [-0.25, -0.2) is 4.98 Å². The topological polar surface area (TPSA) is 43.8 Å². The maximum atomic E-state index is 6.40. The van der Waals surface area contributed by atoms with Crippen LogP contribution in [0.2, 0.25) is 0 Å². The molecule has 2 saturated carbocycles. The Labute approximate surface area is 116 Å². The van der Waals surface area contributed by atoms with Crippen molar-refractivity contribution >= 4 is 5.82 Å². The van der Waals surface area contributed by atoms with Crippen LogP contribution in [0.5, 0.6) is 0 Å². The highest BCUT2D eigenvalue weighted by atomic mass is 15.2. The molecular formula is C16H27N3. The number of aromatic nitrogens is 2. The fourth-order valence-electron chi connectivity index (χ4n) is 3.45. The van der Waals surface area contributed by atoms with Crippen molar-refractivity contribution in [2.45, 2.75) is 77.2 Å². The Hall–Kier alpha value is -0.990. The van der Waals surface area contributed by atoms with Crippen molar-refractivity contribution in [2.75, 3.05) is 5.73 Å². The number of anilines is 1. The summed E-state index contributed by atoms with van der Waals surface area (Å²) in [7, 11) is 0. The van der Waals surface area contributed by atoms with Gasteiger partial charge in [-0.15, -0.1) is 0 Å². The molecule has 2 N–H and O–H groups in total. The number of hydrogen-bond donors (Lipinski definition) is 1. The first-order valence-electron chi connectivity index (χ1n) is 8.03. The van der Waals surface area contributed by atoms with Crippen molar-refractivity contribution in [1.29, 1.82) is 0 Å². The molecule has 19 heavy (non-hydrogen) atoms. The molecule has 1 aromatic heterocycles.